The SMILES string of the molecule is CCCCOC(=O)OCC1(COC(=O)c2ccc(Cl)cc2)c2ccccc2-c2ccccc21. The van der Waals surface area contributed by atoms with E-state index in [-0.39, 0.29) is 13.2 Å². The third kappa shape index (κ3) is 4.74. The highest BCUT2D eigenvalue weighted by atomic mass is 35.5. The third-order valence-electron chi connectivity index (χ3n) is 5.86. The van der Waals surface area contributed by atoms with E-state index in [4.69, 9.17) is 25.8 Å². The van der Waals surface area contributed by atoms with E-state index in [0.717, 1.165) is 35.1 Å². The van der Waals surface area contributed by atoms with Crippen molar-refractivity contribution in [2.24, 2.45) is 0 Å². The van der Waals surface area contributed by atoms with Crippen molar-refractivity contribution < 1.29 is 23.8 Å². The molecule has 0 saturated heterocycles. The van der Waals surface area contributed by atoms with Crippen LogP contribution < -0.4 is 0 Å². The first-order valence-corrected chi connectivity index (χ1v) is 11.3. The Kier molecular flexibility index (Phi) is 6.99. The van der Waals surface area contributed by atoms with Crippen LogP contribution in [-0.4, -0.2) is 31.9 Å². The monoisotopic (exact) mass is 464 g/mol. The van der Waals surface area contributed by atoms with Gasteiger partial charge in [-0.25, -0.2) is 9.59 Å². The summed E-state index contributed by atoms with van der Waals surface area (Å²) in [6.45, 7) is 2.32. The predicted octanol–water partition coefficient (Wildman–Crippen LogP) is 6.42. The lowest BCUT2D eigenvalue weighted by Crippen LogP contribution is -2.38. The minimum atomic E-state index is -0.848. The molecule has 170 valence electrons. The second kappa shape index (κ2) is 10.1. The van der Waals surface area contributed by atoms with Gasteiger partial charge in [0.2, 0.25) is 0 Å². The van der Waals surface area contributed by atoms with Crippen LogP contribution in [0, 0.1) is 0 Å². The second-order valence-electron chi connectivity index (χ2n) is 8.00. The molecule has 5 nitrogen and oxygen atoms in total. The van der Waals surface area contributed by atoms with Gasteiger partial charge in [0, 0.05) is 5.02 Å². The van der Waals surface area contributed by atoms with Crippen LogP contribution in [0.3, 0.4) is 0 Å². The molecular weight excluding hydrogens is 440 g/mol. The molecule has 3 aromatic rings. The molecule has 0 unspecified atom stereocenters. The Morgan fingerprint density at radius 2 is 1.36 bits per heavy atom. The van der Waals surface area contributed by atoms with Gasteiger partial charge in [-0.15, -0.1) is 0 Å². The third-order valence-corrected chi connectivity index (χ3v) is 6.11. The normalized spacial score (nSPS) is 13.0. The Hall–Kier alpha value is -3.31. The van der Waals surface area contributed by atoms with Gasteiger partial charge >= 0.3 is 12.1 Å². The number of carbonyl (C=O) groups is 2. The molecule has 0 bridgehead atoms. The molecule has 0 heterocycles. The number of benzene rings is 3. The fourth-order valence-electron chi connectivity index (χ4n) is 4.15. The van der Waals surface area contributed by atoms with E-state index >= 15 is 0 Å². The molecular formula is C27H25ClO5. The molecule has 0 atom stereocenters. The Bertz CT molecular complexity index is 1090. The standard InChI is InChI=1S/C27H25ClO5/c1-2-3-16-31-26(30)33-18-27(17-32-25(29)19-12-14-20(28)15-13-19)23-10-6-4-8-21(23)22-9-5-7-11-24(22)27/h4-15H,2-3,16-18H2,1H3. The zero-order valence-electron chi connectivity index (χ0n) is 18.4. The number of halogens is 1. The van der Waals surface area contributed by atoms with E-state index in [1.165, 1.54) is 0 Å². The van der Waals surface area contributed by atoms with Crippen LogP contribution in [0.15, 0.2) is 72.8 Å². The summed E-state index contributed by atoms with van der Waals surface area (Å²) >= 11 is 5.94. The van der Waals surface area contributed by atoms with Crippen molar-refractivity contribution in [1.82, 2.24) is 0 Å². The highest BCUT2D eigenvalue weighted by molar-refractivity contribution is 6.30. The summed E-state index contributed by atoms with van der Waals surface area (Å²) < 4.78 is 16.5. The molecule has 4 rings (SSSR count). The maximum absolute atomic E-state index is 12.8. The van der Waals surface area contributed by atoms with Crippen LogP contribution in [0.2, 0.25) is 5.02 Å². The molecule has 0 amide bonds. The second-order valence-corrected chi connectivity index (χ2v) is 8.43. The smallest absolute Gasteiger partial charge is 0.461 e. The van der Waals surface area contributed by atoms with Gasteiger partial charge in [0.1, 0.15) is 13.2 Å². The quantitative estimate of drug-likeness (QED) is 0.284. The number of rotatable bonds is 8. The van der Waals surface area contributed by atoms with Gasteiger partial charge in [-0.2, -0.15) is 0 Å². The molecule has 0 aromatic heterocycles. The molecule has 0 N–H and O–H groups in total. The summed E-state index contributed by atoms with van der Waals surface area (Å²) in [4.78, 5) is 25.1. The van der Waals surface area contributed by atoms with Crippen molar-refractivity contribution in [3.05, 3.63) is 94.5 Å². The Morgan fingerprint density at radius 3 is 1.97 bits per heavy atom. The average molecular weight is 465 g/mol. The van der Waals surface area contributed by atoms with E-state index in [1.54, 1.807) is 24.3 Å². The summed E-state index contributed by atoms with van der Waals surface area (Å²) in [5.74, 6) is -0.474. The van der Waals surface area contributed by atoms with Crippen molar-refractivity contribution in [2.75, 3.05) is 19.8 Å². The van der Waals surface area contributed by atoms with Gasteiger partial charge < -0.3 is 14.2 Å². The largest absolute Gasteiger partial charge is 0.508 e. The first-order valence-electron chi connectivity index (χ1n) is 11.0. The van der Waals surface area contributed by atoms with Crippen LogP contribution in [-0.2, 0) is 19.6 Å². The number of unbranched alkanes of at least 4 members (excludes halogenated alkanes) is 1. The van der Waals surface area contributed by atoms with Crippen molar-refractivity contribution in [2.45, 2.75) is 25.2 Å². The fraction of sp³-hybridized carbons (Fsp3) is 0.259. The van der Waals surface area contributed by atoms with Gasteiger partial charge in [0.05, 0.1) is 17.6 Å². The molecule has 1 aliphatic rings. The van der Waals surface area contributed by atoms with Crippen LogP contribution in [0.25, 0.3) is 11.1 Å². The van der Waals surface area contributed by atoms with Gasteiger partial charge in [-0.3, -0.25) is 0 Å². The Labute approximate surface area is 198 Å². The molecule has 33 heavy (non-hydrogen) atoms. The molecule has 0 saturated carbocycles. The fourth-order valence-corrected chi connectivity index (χ4v) is 4.28. The van der Waals surface area contributed by atoms with Gasteiger partial charge in [-0.1, -0.05) is 73.5 Å². The van der Waals surface area contributed by atoms with E-state index in [2.05, 4.69) is 0 Å². The Balaban J connectivity index is 1.64. The van der Waals surface area contributed by atoms with E-state index in [0.29, 0.717) is 17.2 Å². The first kappa shape index (κ1) is 22.9. The summed E-state index contributed by atoms with van der Waals surface area (Å²) in [5.41, 5.74) is 3.48. The van der Waals surface area contributed by atoms with E-state index < -0.39 is 17.5 Å². The van der Waals surface area contributed by atoms with Crippen molar-refractivity contribution >= 4 is 23.7 Å². The maximum atomic E-state index is 12.8. The zero-order chi connectivity index (χ0) is 23.3. The summed E-state index contributed by atoms with van der Waals surface area (Å²) in [6, 6.07) is 22.3. The van der Waals surface area contributed by atoms with Crippen LogP contribution >= 0.6 is 11.6 Å². The minimum Gasteiger partial charge on any atom is -0.461 e. The molecule has 0 spiro atoms. The van der Waals surface area contributed by atoms with Gasteiger partial charge in [0.25, 0.3) is 0 Å². The van der Waals surface area contributed by atoms with Crippen molar-refractivity contribution in [3.63, 3.8) is 0 Å². The van der Waals surface area contributed by atoms with Crippen molar-refractivity contribution in [1.29, 1.82) is 0 Å². The molecule has 1 aliphatic carbocycles. The molecule has 6 heteroatoms. The number of hydrogen-bond donors (Lipinski definition) is 0. The zero-order valence-corrected chi connectivity index (χ0v) is 19.1. The highest BCUT2D eigenvalue weighted by Gasteiger charge is 2.45. The summed E-state index contributed by atoms with van der Waals surface area (Å²) in [5, 5.41) is 0.539. The molecule has 3 aromatic carbocycles. The summed E-state index contributed by atoms with van der Waals surface area (Å²) in [6.07, 6.45) is 0.956. The predicted molar refractivity (Wildman–Crippen MR) is 127 cm³/mol. The lowest BCUT2D eigenvalue weighted by atomic mass is 9.79. The van der Waals surface area contributed by atoms with Crippen LogP contribution in [0.1, 0.15) is 41.3 Å². The van der Waals surface area contributed by atoms with Gasteiger partial charge in [-0.05, 0) is 52.9 Å². The van der Waals surface area contributed by atoms with E-state index in [9.17, 15) is 9.59 Å². The Morgan fingerprint density at radius 1 is 0.788 bits per heavy atom. The van der Waals surface area contributed by atoms with Crippen LogP contribution in [0.4, 0.5) is 4.79 Å². The average Bonchev–Trinajstić information content (AvgIpc) is 3.12. The number of esters is 1. The number of hydrogen-bond acceptors (Lipinski definition) is 5. The lowest BCUT2D eigenvalue weighted by Gasteiger charge is -2.30. The van der Waals surface area contributed by atoms with Crippen LogP contribution in [0.5, 0.6) is 0 Å². The maximum Gasteiger partial charge on any atom is 0.508 e. The molecule has 0 radical (unpaired) electrons. The summed E-state index contributed by atoms with van der Waals surface area (Å²) in [7, 11) is 0. The minimum absolute atomic E-state index is 0.00469. The number of ether oxygens (including phenoxy) is 3. The number of fused-ring (bicyclic) bond motifs is 3. The topological polar surface area (TPSA) is 61.8 Å². The van der Waals surface area contributed by atoms with E-state index in [1.807, 2.05) is 55.5 Å². The molecule has 0 fully saturated rings. The molecule has 0 aliphatic heterocycles. The van der Waals surface area contributed by atoms with Crippen molar-refractivity contribution in [3.8, 4) is 11.1 Å². The number of carbonyl (C=O) groups excluding carboxylic acids is 2. The highest BCUT2D eigenvalue weighted by Crippen LogP contribution is 2.49. The first-order chi connectivity index (χ1) is 16.0. The van der Waals surface area contributed by atoms with Gasteiger partial charge in [0.15, 0.2) is 0 Å². The lowest BCUT2D eigenvalue weighted by molar-refractivity contribution is 0.0202.